The van der Waals surface area contributed by atoms with Gasteiger partial charge in [-0.05, 0) is 6.42 Å². The lowest BCUT2D eigenvalue weighted by molar-refractivity contribution is -0.187. The van der Waals surface area contributed by atoms with E-state index in [0.717, 1.165) is 12.8 Å². The predicted molar refractivity (Wildman–Crippen MR) is 58.4 cm³/mol. The van der Waals surface area contributed by atoms with Crippen molar-refractivity contribution < 1.29 is 13.2 Å². The lowest BCUT2D eigenvalue weighted by atomic mass is 10.1. The van der Waals surface area contributed by atoms with Gasteiger partial charge in [-0.25, -0.2) is 0 Å². The van der Waals surface area contributed by atoms with E-state index in [-0.39, 0.29) is 6.42 Å². The van der Waals surface area contributed by atoms with Crippen molar-refractivity contribution >= 4 is 0 Å². The van der Waals surface area contributed by atoms with Crippen molar-refractivity contribution in [2.45, 2.75) is 44.8 Å². The molecule has 96 valence electrons. The molecule has 2 nitrogen and oxygen atoms in total. The Kier molecular flexibility index (Phi) is 5.55. The van der Waals surface area contributed by atoms with Crippen LogP contribution in [0.2, 0.25) is 0 Å². The van der Waals surface area contributed by atoms with E-state index in [2.05, 4.69) is 5.32 Å². The van der Waals surface area contributed by atoms with Gasteiger partial charge >= 0.3 is 6.18 Å². The van der Waals surface area contributed by atoms with Gasteiger partial charge < -0.3 is 5.32 Å². The van der Waals surface area contributed by atoms with Crippen molar-refractivity contribution in [3.63, 3.8) is 0 Å². The molecule has 1 heterocycles. The fourth-order valence-corrected chi connectivity index (χ4v) is 2.13. The summed E-state index contributed by atoms with van der Waals surface area (Å²) >= 11 is 0. The van der Waals surface area contributed by atoms with Gasteiger partial charge in [0.05, 0.1) is 0 Å². The van der Waals surface area contributed by atoms with Crippen molar-refractivity contribution in [2.75, 3.05) is 26.2 Å². The van der Waals surface area contributed by atoms with E-state index in [1.807, 2.05) is 6.92 Å². The van der Waals surface area contributed by atoms with E-state index >= 15 is 0 Å². The molecule has 0 spiro atoms. The zero-order chi connectivity index (χ0) is 12.0. The molecule has 16 heavy (non-hydrogen) atoms. The lowest BCUT2D eigenvalue weighted by Crippen LogP contribution is -2.53. The molecule has 0 radical (unpaired) electrons. The summed E-state index contributed by atoms with van der Waals surface area (Å²) in [4.78, 5) is 1.58. The number of unbranched alkanes of at least 4 members (excludes halogenated alkanes) is 2. The predicted octanol–water partition coefficient (Wildman–Crippen LogP) is 2.40. The van der Waals surface area contributed by atoms with Crippen LogP contribution in [0.4, 0.5) is 13.2 Å². The maximum Gasteiger partial charge on any atom is 0.404 e. The van der Waals surface area contributed by atoms with Gasteiger partial charge in [0.2, 0.25) is 0 Å². The highest BCUT2D eigenvalue weighted by atomic mass is 19.4. The number of rotatable bonds is 5. The molecule has 1 N–H and O–H groups in total. The topological polar surface area (TPSA) is 15.3 Å². The second-order valence-corrected chi connectivity index (χ2v) is 4.34. The van der Waals surface area contributed by atoms with Crippen molar-refractivity contribution in [3.8, 4) is 0 Å². The van der Waals surface area contributed by atoms with Crippen LogP contribution in [0, 0.1) is 0 Å². The first-order valence-electron chi connectivity index (χ1n) is 6.07. The van der Waals surface area contributed by atoms with Crippen LogP contribution in [-0.4, -0.2) is 43.3 Å². The Morgan fingerprint density at radius 1 is 1.19 bits per heavy atom. The summed E-state index contributed by atoms with van der Waals surface area (Å²) in [6.45, 7) is 4.36. The molecule has 5 heteroatoms. The summed E-state index contributed by atoms with van der Waals surface area (Å²) < 4.78 is 38.6. The minimum atomic E-state index is -4.08. The SMILES string of the molecule is CCCCC[C@H](N1CCNCC1)C(F)(F)F. The molecule has 1 rings (SSSR count). The minimum Gasteiger partial charge on any atom is -0.314 e. The van der Waals surface area contributed by atoms with E-state index in [9.17, 15) is 13.2 Å². The highest BCUT2D eigenvalue weighted by Gasteiger charge is 2.42. The minimum absolute atomic E-state index is 0.247. The Balaban J connectivity index is 2.48. The summed E-state index contributed by atoms with van der Waals surface area (Å²) in [7, 11) is 0. The van der Waals surface area contributed by atoms with Gasteiger partial charge in [-0.15, -0.1) is 0 Å². The zero-order valence-corrected chi connectivity index (χ0v) is 9.82. The quantitative estimate of drug-likeness (QED) is 0.740. The van der Waals surface area contributed by atoms with Crippen LogP contribution >= 0.6 is 0 Å². The Hall–Kier alpha value is -0.290. The number of nitrogens with zero attached hydrogens (tertiary/aromatic N) is 1. The monoisotopic (exact) mass is 238 g/mol. The molecule has 1 saturated heterocycles. The molecule has 1 fully saturated rings. The fourth-order valence-electron chi connectivity index (χ4n) is 2.13. The zero-order valence-electron chi connectivity index (χ0n) is 9.82. The maximum absolute atomic E-state index is 12.9. The molecule has 0 aromatic rings. The van der Waals surface area contributed by atoms with Crippen LogP contribution in [0.1, 0.15) is 32.6 Å². The highest BCUT2D eigenvalue weighted by Crippen LogP contribution is 2.29. The van der Waals surface area contributed by atoms with Crippen molar-refractivity contribution in [1.82, 2.24) is 10.2 Å². The van der Waals surface area contributed by atoms with Gasteiger partial charge in [-0.3, -0.25) is 4.90 Å². The summed E-state index contributed by atoms with van der Waals surface area (Å²) in [6, 6.07) is -1.24. The third kappa shape index (κ3) is 4.29. The van der Waals surface area contributed by atoms with Crippen molar-refractivity contribution in [2.24, 2.45) is 0 Å². The van der Waals surface area contributed by atoms with Gasteiger partial charge in [0.15, 0.2) is 0 Å². The average Bonchev–Trinajstić information content (AvgIpc) is 2.24. The second kappa shape index (κ2) is 6.45. The summed E-state index contributed by atoms with van der Waals surface area (Å²) in [5.41, 5.74) is 0. The van der Waals surface area contributed by atoms with E-state index in [0.29, 0.717) is 32.6 Å². The first-order chi connectivity index (χ1) is 7.55. The first kappa shape index (κ1) is 13.8. The molecule has 1 aliphatic heterocycles. The van der Waals surface area contributed by atoms with Crippen LogP contribution in [0.5, 0.6) is 0 Å². The molecular formula is C11H21F3N2. The summed E-state index contributed by atoms with van der Waals surface area (Å²) in [6.07, 6.45) is -1.31. The van der Waals surface area contributed by atoms with Crippen LogP contribution < -0.4 is 5.32 Å². The molecule has 0 saturated carbocycles. The first-order valence-corrected chi connectivity index (χ1v) is 6.07. The van der Waals surface area contributed by atoms with Crippen LogP contribution in [0.15, 0.2) is 0 Å². The summed E-state index contributed by atoms with van der Waals surface area (Å²) in [5, 5.41) is 3.08. The van der Waals surface area contributed by atoms with Crippen LogP contribution in [0.25, 0.3) is 0 Å². The Labute approximate surface area is 95.2 Å². The van der Waals surface area contributed by atoms with E-state index < -0.39 is 12.2 Å². The lowest BCUT2D eigenvalue weighted by Gasteiger charge is -2.36. The van der Waals surface area contributed by atoms with Gasteiger partial charge in [0.1, 0.15) is 6.04 Å². The molecule has 0 unspecified atom stereocenters. The number of hydrogen-bond donors (Lipinski definition) is 1. The highest BCUT2D eigenvalue weighted by molar-refractivity contribution is 4.82. The number of piperazine rings is 1. The van der Waals surface area contributed by atoms with Gasteiger partial charge in [-0.2, -0.15) is 13.2 Å². The van der Waals surface area contributed by atoms with Crippen LogP contribution in [0.3, 0.4) is 0 Å². The number of halogens is 3. The molecule has 0 aromatic carbocycles. The number of alkyl halides is 3. The van der Waals surface area contributed by atoms with E-state index in [1.165, 1.54) is 0 Å². The third-order valence-electron chi connectivity index (χ3n) is 3.05. The van der Waals surface area contributed by atoms with Crippen LogP contribution in [-0.2, 0) is 0 Å². The second-order valence-electron chi connectivity index (χ2n) is 4.34. The normalized spacial score (nSPS) is 21.0. The Bertz CT molecular complexity index is 188. The molecule has 0 amide bonds. The standard InChI is InChI=1S/C11H21F3N2/c1-2-3-4-5-10(11(12,13)14)16-8-6-15-7-9-16/h10,15H,2-9H2,1H3/t10-/m0/s1. The summed E-state index contributed by atoms with van der Waals surface area (Å²) in [5.74, 6) is 0. The number of nitrogens with one attached hydrogen (secondary N) is 1. The molecule has 1 aliphatic rings. The van der Waals surface area contributed by atoms with Crippen molar-refractivity contribution in [1.29, 1.82) is 0 Å². The smallest absolute Gasteiger partial charge is 0.314 e. The average molecular weight is 238 g/mol. The maximum atomic E-state index is 12.9. The molecular weight excluding hydrogens is 217 g/mol. The van der Waals surface area contributed by atoms with Gasteiger partial charge in [-0.1, -0.05) is 26.2 Å². The molecule has 0 aliphatic carbocycles. The van der Waals surface area contributed by atoms with Gasteiger partial charge in [0, 0.05) is 26.2 Å². The molecule has 1 atom stereocenters. The van der Waals surface area contributed by atoms with Crippen molar-refractivity contribution in [3.05, 3.63) is 0 Å². The Morgan fingerprint density at radius 2 is 1.81 bits per heavy atom. The number of hydrogen-bond acceptors (Lipinski definition) is 2. The van der Waals surface area contributed by atoms with Gasteiger partial charge in [0.25, 0.3) is 0 Å². The van der Waals surface area contributed by atoms with E-state index in [4.69, 9.17) is 0 Å². The Morgan fingerprint density at radius 3 is 2.31 bits per heavy atom. The fraction of sp³-hybridized carbons (Fsp3) is 1.00. The van der Waals surface area contributed by atoms with E-state index in [1.54, 1.807) is 4.90 Å². The molecule has 0 aromatic heterocycles. The third-order valence-corrected chi connectivity index (χ3v) is 3.05. The largest absolute Gasteiger partial charge is 0.404 e. The molecule has 0 bridgehead atoms.